The third kappa shape index (κ3) is 3.36. The molecule has 0 spiro atoms. The van der Waals surface area contributed by atoms with Crippen LogP contribution in [0.3, 0.4) is 0 Å². The van der Waals surface area contributed by atoms with Gasteiger partial charge in [-0.25, -0.2) is 4.68 Å². The summed E-state index contributed by atoms with van der Waals surface area (Å²) in [5.41, 5.74) is 0.419. The van der Waals surface area contributed by atoms with Crippen LogP contribution in [0.4, 0.5) is 13.2 Å². The highest BCUT2D eigenvalue weighted by Crippen LogP contribution is 2.32. The highest BCUT2D eigenvalue weighted by atomic mass is 79.9. The van der Waals surface area contributed by atoms with Gasteiger partial charge in [0.15, 0.2) is 0 Å². The zero-order valence-electron chi connectivity index (χ0n) is 10.0. The maximum atomic E-state index is 12.7. The molecule has 2 rings (SSSR count). The number of hydrogen-bond acceptors (Lipinski definition) is 2. The number of nitrogens with zero attached hydrogens (tertiary/aromatic N) is 2. The molecule has 1 aromatic heterocycles. The average Bonchev–Trinajstić information content (AvgIpc) is 2.76. The molecule has 0 amide bonds. The molecule has 102 valence electrons. The number of hydrogen-bond donors (Lipinski definition) is 1. The van der Waals surface area contributed by atoms with Gasteiger partial charge in [0.05, 0.1) is 16.9 Å². The minimum atomic E-state index is -4.38. The van der Waals surface area contributed by atoms with E-state index < -0.39 is 11.7 Å². The molecule has 1 heterocycles. The number of rotatable bonds is 3. The molecule has 0 saturated carbocycles. The maximum Gasteiger partial charge on any atom is 0.416 e. The lowest BCUT2D eigenvalue weighted by molar-refractivity contribution is -0.137. The SMILES string of the molecule is CNCc1ccn(-c2cc(Br)cc(C(F)(F)F)c2)n1. The number of aromatic nitrogens is 2. The standard InChI is InChI=1S/C12H11BrF3N3/c1-17-7-10-2-3-19(18-10)11-5-8(12(14,15)16)4-9(13)6-11/h2-6,17H,7H2,1H3. The topological polar surface area (TPSA) is 29.9 Å². The molecule has 0 bridgehead atoms. The molecule has 0 aliphatic heterocycles. The van der Waals surface area contributed by atoms with Crippen LogP contribution in [0.2, 0.25) is 0 Å². The van der Waals surface area contributed by atoms with Gasteiger partial charge in [0, 0.05) is 17.2 Å². The fourth-order valence-electron chi connectivity index (χ4n) is 1.65. The van der Waals surface area contributed by atoms with Crippen LogP contribution in [0.5, 0.6) is 0 Å². The molecule has 0 aliphatic rings. The summed E-state index contributed by atoms with van der Waals surface area (Å²) >= 11 is 3.09. The molecular formula is C12H11BrF3N3. The van der Waals surface area contributed by atoms with Crippen LogP contribution >= 0.6 is 15.9 Å². The van der Waals surface area contributed by atoms with Crippen molar-refractivity contribution in [1.82, 2.24) is 15.1 Å². The molecule has 19 heavy (non-hydrogen) atoms. The largest absolute Gasteiger partial charge is 0.416 e. The fraction of sp³-hybridized carbons (Fsp3) is 0.250. The van der Waals surface area contributed by atoms with Crippen LogP contribution in [0.25, 0.3) is 5.69 Å². The molecule has 7 heteroatoms. The molecule has 1 aromatic carbocycles. The molecule has 2 aromatic rings. The summed E-state index contributed by atoms with van der Waals surface area (Å²) in [5, 5.41) is 7.13. The van der Waals surface area contributed by atoms with Crippen molar-refractivity contribution in [2.24, 2.45) is 0 Å². The Morgan fingerprint density at radius 1 is 1.32 bits per heavy atom. The Morgan fingerprint density at radius 2 is 2.05 bits per heavy atom. The first-order valence-electron chi connectivity index (χ1n) is 5.47. The van der Waals surface area contributed by atoms with E-state index in [1.54, 1.807) is 25.4 Å². The molecule has 0 fully saturated rings. The molecular weight excluding hydrogens is 323 g/mol. The van der Waals surface area contributed by atoms with Gasteiger partial charge in [0.1, 0.15) is 0 Å². The van der Waals surface area contributed by atoms with E-state index in [4.69, 9.17) is 0 Å². The van der Waals surface area contributed by atoms with Crippen LogP contribution in [0.15, 0.2) is 34.9 Å². The Balaban J connectivity index is 2.41. The Bertz CT molecular complexity index is 578. The Hall–Kier alpha value is -1.34. The second-order valence-electron chi connectivity index (χ2n) is 3.98. The number of benzene rings is 1. The van der Waals surface area contributed by atoms with Crippen LogP contribution in [0.1, 0.15) is 11.3 Å². The normalized spacial score (nSPS) is 11.8. The van der Waals surface area contributed by atoms with Crippen molar-refractivity contribution in [2.75, 3.05) is 7.05 Å². The first kappa shape index (κ1) is 14.1. The zero-order valence-corrected chi connectivity index (χ0v) is 11.6. The summed E-state index contributed by atoms with van der Waals surface area (Å²) in [6.07, 6.45) is -2.74. The summed E-state index contributed by atoms with van der Waals surface area (Å²) in [6, 6.07) is 5.46. The van der Waals surface area contributed by atoms with E-state index in [9.17, 15) is 13.2 Å². The van der Waals surface area contributed by atoms with E-state index in [1.807, 2.05) is 0 Å². The summed E-state index contributed by atoms with van der Waals surface area (Å²) in [7, 11) is 1.78. The van der Waals surface area contributed by atoms with Crippen LogP contribution < -0.4 is 5.32 Å². The Labute approximate surface area is 116 Å². The van der Waals surface area contributed by atoms with Crippen molar-refractivity contribution in [2.45, 2.75) is 12.7 Å². The van der Waals surface area contributed by atoms with Crippen LogP contribution in [-0.4, -0.2) is 16.8 Å². The molecule has 0 atom stereocenters. The van der Waals surface area contributed by atoms with Gasteiger partial charge in [-0.1, -0.05) is 15.9 Å². The molecule has 0 saturated heterocycles. The summed E-state index contributed by atoms with van der Waals surface area (Å²) in [4.78, 5) is 0. The minimum Gasteiger partial charge on any atom is -0.314 e. The Kier molecular flexibility index (Phi) is 3.96. The van der Waals surface area contributed by atoms with Gasteiger partial charge >= 0.3 is 6.18 Å². The summed E-state index contributed by atoms with van der Waals surface area (Å²) in [5.74, 6) is 0. The van der Waals surface area contributed by atoms with E-state index in [1.165, 1.54) is 4.68 Å². The zero-order chi connectivity index (χ0) is 14.0. The van der Waals surface area contributed by atoms with Crippen molar-refractivity contribution in [3.63, 3.8) is 0 Å². The third-order valence-corrected chi connectivity index (χ3v) is 2.93. The van der Waals surface area contributed by atoms with Crippen molar-refractivity contribution in [3.05, 3.63) is 46.2 Å². The van der Waals surface area contributed by atoms with E-state index >= 15 is 0 Å². The van der Waals surface area contributed by atoms with Crippen molar-refractivity contribution < 1.29 is 13.2 Å². The maximum absolute atomic E-state index is 12.7. The lowest BCUT2D eigenvalue weighted by Gasteiger charge is -2.10. The van der Waals surface area contributed by atoms with Gasteiger partial charge in [-0.3, -0.25) is 0 Å². The highest BCUT2D eigenvalue weighted by Gasteiger charge is 2.31. The van der Waals surface area contributed by atoms with Crippen LogP contribution in [-0.2, 0) is 12.7 Å². The molecule has 3 nitrogen and oxygen atoms in total. The van der Waals surface area contributed by atoms with Gasteiger partial charge < -0.3 is 5.32 Å². The quantitative estimate of drug-likeness (QED) is 0.933. The van der Waals surface area contributed by atoms with Crippen molar-refractivity contribution in [1.29, 1.82) is 0 Å². The average molecular weight is 334 g/mol. The van der Waals surface area contributed by atoms with Gasteiger partial charge in [-0.15, -0.1) is 0 Å². The van der Waals surface area contributed by atoms with Crippen LogP contribution in [0, 0.1) is 0 Å². The summed E-state index contributed by atoms with van der Waals surface area (Å²) in [6.45, 7) is 0.563. The molecule has 1 N–H and O–H groups in total. The van der Waals surface area contributed by atoms with Gasteiger partial charge in [0.2, 0.25) is 0 Å². The predicted molar refractivity (Wildman–Crippen MR) is 69.0 cm³/mol. The smallest absolute Gasteiger partial charge is 0.314 e. The minimum absolute atomic E-state index is 0.364. The number of nitrogens with one attached hydrogen (secondary N) is 1. The van der Waals surface area contributed by atoms with E-state index in [0.29, 0.717) is 16.7 Å². The molecule has 0 radical (unpaired) electrons. The van der Waals surface area contributed by atoms with Gasteiger partial charge in [-0.05, 0) is 31.3 Å². The number of halogens is 4. The fourth-order valence-corrected chi connectivity index (χ4v) is 2.13. The molecule has 0 unspecified atom stereocenters. The summed E-state index contributed by atoms with van der Waals surface area (Å²) < 4.78 is 40.0. The first-order valence-corrected chi connectivity index (χ1v) is 6.27. The van der Waals surface area contributed by atoms with Gasteiger partial charge in [-0.2, -0.15) is 18.3 Å². The van der Waals surface area contributed by atoms with Crippen molar-refractivity contribution in [3.8, 4) is 5.69 Å². The number of alkyl halides is 3. The van der Waals surface area contributed by atoms with E-state index in [2.05, 4.69) is 26.3 Å². The second-order valence-corrected chi connectivity index (χ2v) is 4.89. The van der Waals surface area contributed by atoms with E-state index in [0.717, 1.165) is 17.8 Å². The monoisotopic (exact) mass is 333 g/mol. The third-order valence-electron chi connectivity index (χ3n) is 2.48. The second kappa shape index (κ2) is 5.34. The first-order chi connectivity index (χ1) is 8.90. The Morgan fingerprint density at radius 3 is 2.68 bits per heavy atom. The van der Waals surface area contributed by atoms with E-state index in [-0.39, 0.29) is 0 Å². The van der Waals surface area contributed by atoms with Gasteiger partial charge in [0.25, 0.3) is 0 Å². The molecule has 0 aliphatic carbocycles. The lowest BCUT2D eigenvalue weighted by Crippen LogP contribution is -2.08. The lowest BCUT2D eigenvalue weighted by atomic mass is 10.2. The predicted octanol–water partition coefficient (Wildman–Crippen LogP) is 3.37. The van der Waals surface area contributed by atoms with Crippen molar-refractivity contribution >= 4 is 15.9 Å². The highest BCUT2D eigenvalue weighted by molar-refractivity contribution is 9.10.